The van der Waals surface area contributed by atoms with Gasteiger partial charge in [0.1, 0.15) is 0 Å². The zero-order chi connectivity index (χ0) is 14.5. The van der Waals surface area contributed by atoms with Gasteiger partial charge in [-0.2, -0.15) is 0 Å². The number of carbonyl (C=O) groups excluding carboxylic acids is 1. The van der Waals surface area contributed by atoms with Crippen molar-refractivity contribution < 1.29 is 14.7 Å². The van der Waals surface area contributed by atoms with Crippen LogP contribution >= 0.6 is 0 Å². The van der Waals surface area contributed by atoms with Gasteiger partial charge in [-0.15, -0.1) is 0 Å². The van der Waals surface area contributed by atoms with Crippen LogP contribution in [0.5, 0.6) is 0 Å². The quantitative estimate of drug-likeness (QED) is 0.896. The minimum absolute atomic E-state index is 0.105. The van der Waals surface area contributed by atoms with E-state index in [2.05, 4.69) is 5.32 Å². The number of hydrogen-bond acceptors (Lipinski definition) is 2. The molecule has 20 heavy (non-hydrogen) atoms. The van der Waals surface area contributed by atoms with Crippen LogP contribution in [0, 0.1) is 6.92 Å². The van der Waals surface area contributed by atoms with Gasteiger partial charge in [0.2, 0.25) is 0 Å². The second-order valence-corrected chi connectivity index (χ2v) is 4.50. The van der Waals surface area contributed by atoms with Crippen LogP contribution in [-0.4, -0.2) is 17.0 Å². The molecule has 0 spiro atoms. The van der Waals surface area contributed by atoms with Crippen LogP contribution in [0.2, 0.25) is 0 Å². The van der Waals surface area contributed by atoms with Crippen molar-refractivity contribution >= 4 is 11.9 Å². The zero-order valence-electron chi connectivity index (χ0n) is 11.1. The van der Waals surface area contributed by atoms with E-state index < -0.39 is 5.97 Å². The highest BCUT2D eigenvalue weighted by Crippen LogP contribution is 2.08. The van der Waals surface area contributed by atoms with Gasteiger partial charge in [-0.25, -0.2) is 4.79 Å². The van der Waals surface area contributed by atoms with Gasteiger partial charge in [-0.05, 0) is 36.2 Å². The first-order valence-electron chi connectivity index (χ1n) is 6.24. The molecule has 0 bridgehead atoms. The smallest absolute Gasteiger partial charge is 0.335 e. The predicted octanol–water partition coefficient (Wildman–Crippen LogP) is 2.62. The largest absolute Gasteiger partial charge is 0.478 e. The standard InChI is InChI=1S/C16H15NO3/c1-11-5-2-3-6-14(11)10-17-15(18)12-7-4-8-13(9-12)16(19)20/h2-9H,10H2,1H3,(H,17,18)(H,19,20). The fraction of sp³-hybridized carbons (Fsp3) is 0.125. The van der Waals surface area contributed by atoms with E-state index in [1.807, 2.05) is 31.2 Å². The highest BCUT2D eigenvalue weighted by atomic mass is 16.4. The molecule has 4 nitrogen and oxygen atoms in total. The van der Waals surface area contributed by atoms with Crippen LogP contribution in [0.25, 0.3) is 0 Å². The lowest BCUT2D eigenvalue weighted by molar-refractivity contribution is 0.0697. The summed E-state index contributed by atoms with van der Waals surface area (Å²) in [6.07, 6.45) is 0. The van der Waals surface area contributed by atoms with E-state index in [-0.39, 0.29) is 11.5 Å². The maximum Gasteiger partial charge on any atom is 0.335 e. The fourth-order valence-electron chi connectivity index (χ4n) is 1.88. The van der Waals surface area contributed by atoms with Crippen molar-refractivity contribution in [2.45, 2.75) is 13.5 Å². The van der Waals surface area contributed by atoms with Crippen LogP contribution in [-0.2, 0) is 6.54 Å². The molecule has 2 aromatic rings. The van der Waals surface area contributed by atoms with Crippen LogP contribution in [0.1, 0.15) is 31.8 Å². The minimum atomic E-state index is -1.04. The summed E-state index contributed by atoms with van der Waals surface area (Å²) in [4.78, 5) is 22.9. The molecule has 0 atom stereocenters. The van der Waals surface area contributed by atoms with E-state index in [1.165, 1.54) is 12.1 Å². The number of benzene rings is 2. The predicted molar refractivity (Wildman–Crippen MR) is 75.8 cm³/mol. The summed E-state index contributed by atoms with van der Waals surface area (Å²) in [6.45, 7) is 2.40. The van der Waals surface area contributed by atoms with Crippen LogP contribution in [0.3, 0.4) is 0 Å². The number of amides is 1. The van der Waals surface area contributed by atoms with Gasteiger partial charge in [-0.1, -0.05) is 30.3 Å². The molecule has 2 aromatic carbocycles. The SMILES string of the molecule is Cc1ccccc1CNC(=O)c1cccc(C(=O)O)c1. The summed E-state index contributed by atoms with van der Waals surface area (Å²) >= 11 is 0. The van der Waals surface area contributed by atoms with E-state index in [1.54, 1.807) is 12.1 Å². The average Bonchev–Trinajstić information content (AvgIpc) is 2.46. The van der Waals surface area contributed by atoms with Crippen molar-refractivity contribution in [3.05, 3.63) is 70.8 Å². The van der Waals surface area contributed by atoms with E-state index >= 15 is 0 Å². The highest BCUT2D eigenvalue weighted by Gasteiger charge is 2.09. The number of nitrogens with one attached hydrogen (secondary N) is 1. The molecule has 0 heterocycles. The molecule has 1 amide bonds. The summed E-state index contributed by atoms with van der Waals surface area (Å²) in [6, 6.07) is 13.8. The lowest BCUT2D eigenvalue weighted by Crippen LogP contribution is -2.23. The summed E-state index contributed by atoms with van der Waals surface area (Å²) < 4.78 is 0. The Hall–Kier alpha value is -2.62. The Morgan fingerprint density at radius 3 is 2.45 bits per heavy atom. The van der Waals surface area contributed by atoms with Crippen LogP contribution < -0.4 is 5.32 Å². The Morgan fingerprint density at radius 2 is 1.75 bits per heavy atom. The second kappa shape index (κ2) is 6.02. The van der Waals surface area contributed by atoms with E-state index in [0.717, 1.165) is 11.1 Å². The van der Waals surface area contributed by atoms with Crippen molar-refractivity contribution in [2.75, 3.05) is 0 Å². The zero-order valence-corrected chi connectivity index (χ0v) is 11.1. The van der Waals surface area contributed by atoms with E-state index in [9.17, 15) is 9.59 Å². The van der Waals surface area contributed by atoms with Crippen LogP contribution in [0.15, 0.2) is 48.5 Å². The molecule has 2 N–H and O–H groups in total. The second-order valence-electron chi connectivity index (χ2n) is 4.50. The van der Waals surface area contributed by atoms with Crippen molar-refractivity contribution in [1.82, 2.24) is 5.32 Å². The Kier molecular flexibility index (Phi) is 4.15. The van der Waals surface area contributed by atoms with Crippen molar-refractivity contribution in [1.29, 1.82) is 0 Å². The third-order valence-electron chi connectivity index (χ3n) is 3.07. The average molecular weight is 269 g/mol. The van der Waals surface area contributed by atoms with Gasteiger partial charge in [0.25, 0.3) is 5.91 Å². The number of aromatic carboxylic acids is 1. The number of hydrogen-bond donors (Lipinski definition) is 2. The molecule has 0 fully saturated rings. The van der Waals surface area contributed by atoms with E-state index in [0.29, 0.717) is 12.1 Å². The van der Waals surface area contributed by atoms with Crippen molar-refractivity contribution in [2.24, 2.45) is 0 Å². The Morgan fingerprint density at radius 1 is 1.05 bits per heavy atom. The van der Waals surface area contributed by atoms with Gasteiger partial charge in [-0.3, -0.25) is 4.79 Å². The third kappa shape index (κ3) is 3.23. The Bertz CT molecular complexity index is 650. The summed E-state index contributed by atoms with van der Waals surface area (Å²) in [5.74, 6) is -1.32. The molecule has 0 aromatic heterocycles. The monoisotopic (exact) mass is 269 g/mol. The number of carboxylic acid groups (broad SMARTS) is 1. The molecule has 0 saturated heterocycles. The molecule has 0 aliphatic rings. The van der Waals surface area contributed by atoms with Gasteiger partial charge in [0.15, 0.2) is 0 Å². The molecule has 102 valence electrons. The lowest BCUT2D eigenvalue weighted by Gasteiger charge is -2.08. The Labute approximate surface area is 117 Å². The fourth-order valence-corrected chi connectivity index (χ4v) is 1.88. The molecular weight excluding hydrogens is 254 g/mol. The molecule has 4 heteroatoms. The first-order chi connectivity index (χ1) is 9.58. The molecule has 0 aliphatic carbocycles. The van der Waals surface area contributed by atoms with Crippen molar-refractivity contribution in [3.63, 3.8) is 0 Å². The number of aryl methyl sites for hydroxylation is 1. The summed E-state index contributed by atoms with van der Waals surface area (Å²) in [5, 5.41) is 11.7. The maximum absolute atomic E-state index is 12.0. The number of rotatable bonds is 4. The highest BCUT2D eigenvalue weighted by molar-refractivity contribution is 5.97. The van der Waals surface area contributed by atoms with Gasteiger partial charge in [0, 0.05) is 12.1 Å². The molecule has 2 rings (SSSR count). The third-order valence-corrected chi connectivity index (χ3v) is 3.07. The summed E-state index contributed by atoms with van der Waals surface area (Å²) in [7, 11) is 0. The molecule has 0 aliphatic heterocycles. The number of carbonyl (C=O) groups is 2. The summed E-state index contributed by atoms with van der Waals surface area (Å²) in [5.41, 5.74) is 2.59. The topological polar surface area (TPSA) is 66.4 Å². The molecule has 0 saturated carbocycles. The maximum atomic E-state index is 12.0. The van der Waals surface area contributed by atoms with Crippen molar-refractivity contribution in [3.8, 4) is 0 Å². The van der Waals surface area contributed by atoms with Gasteiger partial charge < -0.3 is 10.4 Å². The molecular formula is C16H15NO3. The lowest BCUT2D eigenvalue weighted by atomic mass is 10.1. The Balaban J connectivity index is 2.07. The number of carboxylic acids is 1. The minimum Gasteiger partial charge on any atom is -0.478 e. The normalized spacial score (nSPS) is 10.1. The van der Waals surface area contributed by atoms with Gasteiger partial charge >= 0.3 is 5.97 Å². The first-order valence-corrected chi connectivity index (χ1v) is 6.24. The van der Waals surface area contributed by atoms with Crippen LogP contribution in [0.4, 0.5) is 0 Å². The van der Waals surface area contributed by atoms with E-state index in [4.69, 9.17) is 5.11 Å². The first kappa shape index (κ1) is 13.8. The molecule has 0 radical (unpaired) electrons. The van der Waals surface area contributed by atoms with Gasteiger partial charge in [0.05, 0.1) is 5.56 Å². The molecule has 0 unspecified atom stereocenters.